The molecule has 0 spiro atoms. The lowest BCUT2D eigenvalue weighted by molar-refractivity contribution is 0.306. The Balaban J connectivity index is 1.78. The molecule has 0 radical (unpaired) electrons. The van der Waals surface area contributed by atoms with Gasteiger partial charge in [-0.1, -0.05) is 24.3 Å². The molecule has 6 heteroatoms. The van der Waals surface area contributed by atoms with E-state index in [-0.39, 0.29) is 6.04 Å². The Morgan fingerprint density at radius 3 is 2.62 bits per heavy atom. The first-order chi connectivity index (χ1) is 12.6. The van der Waals surface area contributed by atoms with Gasteiger partial charge in [-0.2, -0.15) is 4.31 Å². The number of hydrogen-bond donors (Lipinski definition) is 0. The Morgan fingerprint density at radius 1 is 1.12 bits per heavy atom. The minimum absolute atomic E-state index is 0.199. The van der Waals surface area contributed by atoms with E-state index in [2.05, 4.69) is 17.1 Å². The maximum Gasteiger partial charge on any atom is 0.253 e. The van der Waals surface area contributed by atoms with Crippen molar-refractivity contribution in [1.82, 2.24) is 9.29 Å². The van der Waals surface area contributed by atoms with Crippen molar-refractivity contribution < 1.29 is 8.42 Å². The quantitative estimate of drug-likeness (QED) is 0.684. The van der Waals surface area contributed by atoms with Gasteiger partial charge in [-0.15, -0.1) is 11.3 Å². The van der Waals surface area contributed by atoms with E-state index < -0.39 is 10.0 Å². The van der Waals surface area contributed by atoms with E-state index in [0.29, 0.717) is 17.2 Å². The topological polar surface area (TPSA) is 50.3 Å². The molecule has 0 fully saturated rings. The second-order valence-corrected chi connectivity index (χ2v) is 9.91. The second-order valence-electron chi connectivity index (χ2n) is 6.51. The number of aromatic nitrogens is 1. The summed E-state index contributed by atoms with van der Waals surface area (Å²) in [6.45, 7) is 2.44. The lowest BCUT2D eigenvalue weighted by Crippen LogP contribution is -2.40. The fourth-order valence-corrected chi connectivity index (χ4v) is 6.55. The normalized spacial score (nSPS) is 17.8. The number of sulfonamides is 1. The number of fused-ring (bicyclic) bond motifs is 1. The molecular weight excluding hydrogens is 364 g/mol. The van der Waals surface area contributed by atoms with Crippen molar-refractivity contribution in [3.8, 4) is 0 Å². The van der Waals surface area contributed by atoms with Gasteiger partial charge in [0.25, 0.3) is 10.0 Å². The average molecular weight is 385 g/mol. The molecule has 2 aromatic heterocycles. The molecule has 1 aliphatic rings. The minimum Gasteiger partial charge on any atom is -0.265 e. The molecule has 4 rings (SSSR count). The number of hydrogen-bond acceptors (Lipinski definition) is 4. The van der Waals surface area contributed by atoms with Crippen molar-refractivity contribution in [2.24, 2.45) is 0 Å². The summed E-state index contributed by atoms with van der Waals surface area (Å²) < 4.78 is 28.8. The smallest absolute Gasteiger partial charge is 0.253 e. The highest BCUT2D eigenvalue weighted by Gasteiger charge is 2.36. The molecule has 1 unspecified atom stereocenters. The van der Waals surface area contributed by atoms with Gasteiger partial charge < -0.3 is 0 Å². The Kier molecular flexibility index (Phi) is 4.65. The lowest BCUT2D eigenvalue weighted by atomic mass is 9.90. The number of nitrogens with zero attached hydrogens (tertiary/aromatic N) is 2. The van der Waals surface area contributed by atoms with Crippen LogP contribution in [0.25, 0.3) is 0 Å². The first-order valence-electron chi connectivity index (χ1n) is 8.61. The molecule has 4 nitrogen and oxygen atoms in total. The summed E-state index contributed by atoms with van der Waals surface area (Å²) >= 11 is 1.34. The Bertz CT molecular complexity index is 1010. The van der Waals surface area contributed by atoms with Crippen molar-refractivity contribution in [1.29, 1.82) is 0 Å². The van der Waals surface area contributed by atoms with Crippen LogP contribution in [-0.4, -0.2) is 24.3 Å². The van der Waals surface area contributed by atoms with Crippen molar-refractivity contribution in [3.05, 3.63) is 82.5 Å². The minimum atomic E-state index is -3.52. The van der Waals surface area contributed by atoms with Crippen LogP contribution in [0.1, 0.15) is 27.6 Å². The van der Waals surface area contributed by atoms with Crippen molar-refractivity contribution in [3.63, 3.8) is 0 Å². The molecule has 0 N–H and O–H groups in total. The first-order valence-corrected chi connectivity index (χ1v) is 10.9. The summed E-state index contributed by atoms with van der Waals surface area (Å²) in [5.74, 6) is 0. The molecular formula is C20H20N2O2S2. The molecule has 1 aromatic carbocycles. The number of aryl methyl sites for hydroxylation is 1. The standard InChI is InChI=1S/C20H20N2O2S2/c1-15-6-7-20(25-15)26(23,24)22-13-10-17-4-2-3-5-18(17)19(22)14-16-8-11-21-12-9-16/h2-9,11-12,19H,10,13-14H2,1H3. The van der Waals surface area contributed by atoms with Crippen LogP contribution in [-0.2, 0) is 22.9 Å². The van der Waals surface area contributed by atoms with Crippen molar-refractivity contribution >= 4 is 21.4 Å². The van der Waals surface area contributed by atoms with E-state index >= 15 is 0 Å². The summed E-state index contributed by atoms with van der Waals surface area (Å²) in [7, 11) is -3.52. The van der Waals surface area contributed by atoms with Crippen LogP contribution >= 0.6 is 11.3 Å². The molecule has 3 aromatic rings. The fourth-order valence-electron chi connectivity index (χ4n) is 3.54. The van der Waals surface area contributed by atoms with Gasteiger partial charge in [0.05, 0.1) is 6.04 Å². The van der Waals surface area contributed by atoms with Crippen LogP contribution in [0, 0.1) is 6.92 Å². The molecule has 0 amide bonds. The summed E-state index contributed by atoms with van der Waals surface area (Å²) in [4.78, 5) is 5.08. The monoisotopic (exact) mass is 384 g/mol. The summed E-state index contributed by atoms with van der Waals surface area (Å²) in [5, 5.41) is 0. The van der Waals surface area contributed by atoms with Gasteiger partial charge >= 0.3 is 0 Å². The van der Waals surface area contributed by atoms with Gasteiger partial charge in [-0.25, -0.2) is 8.42 Å². The van der Waals surface area contributed by atoms with Gasteiger partial charge in [0.2, 0.25) is 0 Å². The highest BCUT2D eigenvalue weighted by molar-refractivity contribution is 7.91. The van der Waals surface area contributed by atoms with Crippen LogP contribution in [0.15, 0.2) is 65.1 Å². The van der Waals surface area contributed by atoms with E-state index in [1.54, 1.807) is 22.8 Å². The number of rotatable bonds is 4. The highest BCUT2D eigenvalue weighted by Crippen LogP contribution is 2.37. The maximum absolute atomic E-state index is 13.3. The highest BCUT2D eigenvalue weighted by atomic mass is 32.2. The molecule has 0 saturated heterocycles. The van der Waals surface area contributed by atoms with Crippen LogP contribution in [0.2, 0.25) is 0 Å². The summed E-state index contributed by atoms with van der Waals surface area (Å²) in [6.07, 6.45) is 4.90. The number of pyridine rings is 1. The predicted molar refractivity (Wildman–Crippen MR) is 104 cm³/mol. The fraction of sp³-hybridized carbons (Fsp3) is 0.250. The van der Waals surface area contributed by atoms with Crippen molar-refractivity contribution in [2.45, 2.75) is 30.0 Å². The first kappa shape index (κ1) is 17.4. The molecule has 1 aliphatic heterocycles. The van der Waals surface area contributed by atoms with Gasteiger partial charge in [0, 0.05) is 23.8 Å². The molecule has 0 saturated carbocycles. The third kappa shape index (κ3) is 3.20. The summed E-state index contributed by atoms with van der Waals surface area (Å²) in [5.41, 5.74) is 3.43. The van der Waals surface area contributed by atoms with Crippen LogP contribution in [0.5, 0.6) is 0 Å². The van der Waals surface area contributed by atoms with Crippen LogP contribution in [0.3, 0.4) is 0 Å². The second kappa shape index (κ2) is 6.95. The third-order valence-corrected chi connectivity index (χ3v) is 8.20. The van der Waals surface area contributed by atoms with E-state index in [1.165, 1.54) is 16.9 Å². The molecule has 0 bridgehead atoms. The van der Waals surface area contributed by atoms with Gasteiger partial charge in [0.15, 0.2) is 0 Å². The van der Waals surface area contributed by atoms with Gasteiger partial charge in [0.1, 0.15) is 4.21 Å². The molecule has 1 atom stereocenters. The molecule has 3 heterocycles. The maximum atomic E-state index is 13.3. The Labute approximate surface area is 158 Å². The van der Waals surface area contributed by atoms with Gasteiger partial charge in [-0.3, -0.25) is 4.98 Å². The zero-order valence-corrected chi connectivity index (χ0v) is 16.1. The third-order valence-electron chi connectivity index (χ3n) is 4.82. The Morgan fingerprint density at radius 2 is 1.88 bits per heavy atom. The summed E-state index contributed by atoms with van der Waals surface area (Å²) in [6, 6.07) is 15.5. The van der Waals surface area contributed by atoms with E-state index in [1.807, 2.05) is 37.3 Å². The zero-order chi connectivity index (χ0) is 18.1. The SMILES string of the molecule is Cc1ccc(S(=O)(=O)N2CCc3ccccc3C2Cc2ccncc2)s1. The van der Waals surface area contributed by atoms with E-state index in [9.17, 15) is 8.42 Å². The van der Waals surface area contributed by atoms with E-state index in [4.69, 9.17) is 0 Å². The zero-order valence-electron chi connectivity index (χ0n) is 14.5. The number of thiophene rings is 1. The molecule has 0 aliphatic carbocycles. The number of benzene rings is 1. The predicted octanol–water partition coefficient (Wildman–Crippen LogP) is 3.98. The molecule has 26 heavy (non-hydrogen) atoms. The van der Waals surface area contributed by atoms with Crippen LogP contribution in [0.4, 0.5) is 0 Å². The Hall–Kier alpha value is -2.02. The van der Waals surface area contributed by atoms with Crippen molar-refractivity contribution in [2.75, 3.05) is 6.54 Å². The van der Waals surface area contributed by atoms with E-state index in [0.717, 1.165) is 22.4 Å². The van der Waals surface area contributed by atoms with Gasteiger partial charge in [-0.05, 0) is 60.7 Å². The molecule has 134 valence electrons. The lowest BCUT2D eigenvalue weighted by Gasteiger charge is -2.36. The van der Waals surface area contributed by atoms with Crippen LogP contribution < -0.4 is 0 Å². The average Bonchev–Trinajstić information content (AvgIpc) is 3.10. The largest absolute Gasteiger partial charge is 0.265 e.